The molecule has 0 spiro atoms. The molecule has 26 heavy (non-hydrogen) atoms. The molecule has 2 bridgehead atoms. The molecule has 2 aliphatic heterocycles. The van der Waals surface area contributed by atoms with E-state index < -0.39 is 0 Å². The molecule has 3 atom stereocenters. The minimum absolute atomic E-state index is 0.155. The molecule has 1 amide bonds. The van der Waals surface area contributed by atoms with Crippen molar-refractivity contribution >= 4 is 23.2 Å². The Hall–Kier alpha value is -1.90. The second-order valence-electron chi connectivity index (χ2n) is 7.09. The second kappa shape index (κ2) is 8.20. The third-order valence-corrected chi connectivity index (χ3v) is 5.77. The zero-order valence-corrected chi connectivity index (χ0v) is 16.1. The fraction of sp³-hybridized carbons (Fsp3) is 0.550. The first kappa shape index (κ1) is 18.9. The second-order valence-corrected chi connectivity index (χ2v) is 7.49. The number of hydrogen-bond acceptors (Lipinski definition) is 4. The number of carbonyl (C=O) groups is 1. The number of rotatable bonds is 5. The number of amides is 1. The molecule has 0 radical (unpaired) electrons. The standard InChI is InChI=1S/C20H26ClN3O2/c1-3-4-5-8-26-19-12-18(22)17(21)11-16(19)20(25)23-13-9-14-6-7-15(10-13)24(14)2/h11-15H,5-10,22H2,1-2H3,(H,23,25)/t13?,14-,15?/m0/s1. The van der Waals surface area contributed by atoms with E-state index in [1.54, 1.807) is 19.1 Å². The molecule has 0 saturated carbocycles. The summed E-state index contributed by atoms with van der Waals surface area (Å²) in [4.78, 5) is 15.3. The summed E-state index contributed by atoms with van der Waals surface area (Å²) < 4.78 is 5.75. The van der Waals surface area contributed by atoms with Crippen LogP contribution < -0.4 is 15.8 Å². The zero-order valence-electron chi connectivity index (χ0n) is 15.3. The Labute approximate surface area is 160 Å². The van der Waals surface area contributed by atoms with Crippen molar-refractivity contribution in [2.45, 2.75) is 57.2 Å². The van der Waals surface area contributed by atoms with Gasteiger partial charge in [0.05, 0.1) is 22.9 Å². The van der Waals surface area contributed by atoms with Gasteiger partial charge in [-0.25, -0.2) is 0 Å². The van der Waals surface area contributed by atoms with Crippen molar-refractivity contribution in [3.63, 3.8) is 0 Å². The maximum absolute atomic E-state index is 12.9. The monoisotopic (exact) mass is 375 g/mol. The lowest BCUT2D eigenvalue weighted by atomic mass is 9.97. The minimum atomic E-state index is -0.155. The highest BCUT2D eigenvalue weighted by Crippen LogP contribution is 2.35. The first-order chi connectivity index (χ1) is 12.5. The number of nitrogens with one attached hydrogen (secondary N) is 1. The van der Waals surface area contributed by atoms with Gasteiger partial charge < -0.3 is 20.7 Å². The van der Waals surface area contributed by atoms with Gasteiger partial charge in [0.15, 0.2) is 0 Å². The lowest BCUT2D eigenvalue weighted by molar-refractivity contribution is 0.0879. The normalized spacial score (nSPS) is 24.7. The molecule has 1 aromatic carbocycles. The van der Waals surface area contributed by atoms with E-state index in [0.29, 0.717) is 47.1 Å². The van der Waals surface area contributed by atoms with Crippen molar-refractivity contribution < 1.29 is 9.53 Å². The van der Waals surface area contributed by atoms with Crippen LogP contribution in [-0.4, -0.2) is 42.6 Å². The Bertz CT molecular complexity index is 727. The number of nitrogen functional groups attached to an aromatic ring is 1. The fourth-order valence-electron chi connectivity index (χ4n) is 4.00. The third-order valence-electron chi connectivity index (χ3n) is 5.44. The predicted octanol–water partition coefficient (Wildman–Crippen LogP) is 3.07. The topological polar surface area (TPSA) is 67.6 Å². The molecular weight excluding hydrogens is 350 g/mol. The summed E-state index contributed by atoms with van der Waals surface area (Å²) in [5, 5.41) is 3.53. The first-order valence-corrected chi connectivity index (χ1v) is 9.51. The average molecular weight is 376 g/mol. The van der Waals surface area contributed by atoms with Crippen molar-refractivity contribution in [1.29, 1.82) is 0 Å². The van der Waals surface area contributed by atoms with Crippen LogP contribution in [0.4, 0.5) is 5.69 Å². The number of nitrogens with two attached hydrogens (primary N) is 1. The van der Waals surface area contributed by atoms with E-state index >= 15 is 0 Å². The van der Waals surface area contributed by atoms with E-state index in [2.05, 4.69) is 29.1 Å². The Kier molecular flexibility index (Phi) is 5.95. The van der Waals surface area contributed by atoms with Crippen molar-refractivity contribution in [2.75, 3.05) is 19.4 Å². The van der Waals surface area contributed by atoms with E-state index in [-0.39, 0.29) is 11.9 Å². The maximum Gasteiger partial charge on any atom is 0.255 e. The summed E-state index contributed by atoms with van der Waals surface area (Å²) in [6.45, 7) is 2.19. The number of halogens is 1. The van der Waals surface area contributed by atoms with Gasteiger partial charge in [-0.3, -0.25) is 4.79 Å². The molecule has 5 nitrogen and oxygen atoms in total. The number of benzene rings is 1. The number of hydrogen-bond donors (Lipinski definition) is 2. The highest BCUT2D eigenvalue weighted by atomic mass is 35.5. The van der Waals surface area contributed by atoms with Crippen molar-refractivity contribution in [2.24, 2.45) is 0 Å². The summed E-state index contributed by atoms with van der Waals surface area (Å²) in [5.74, 6) is 6.07. The van der Waals surface area contributed by atoms with Crippen molar-refractivity contribution in [1.82, 2.24) is 10.2 Å². The van der Waals surface area contributed by atoms with Crippen LogP contribution in [0.2, 0.25) is 5.02 Å². The van der Waals surface area contributed by atoms with E-state index in [4.69, 9.17) is 22.1 Å². The summed E-state index contributed by atoms with van der Waals surface area (Å²) in [6, 6.07) is 4.53. The molecule has 3 N–H and O–H groups in total. The molecule has 2 unspecified atom stereocenters. The highest BCUT2D eigenvalue weighted by Gasteiger charge is 2.39. The van der Waals surface area contributed by atoms with Gasteiger partial charge in [0, 0.05) is 30.6 Å². The highest BCUT2D eigenvalue weighted by molar-refractivity contribution is 6.33. The van der Waals surface area contributed by atoms with Crippen LogP contribution in [0.5, 0.6) is 5.75 Å². The number of fused-ring (bicyclic) bond motifs is 2. The molecule has 140 valence electrons. The fourth-order valence-corrected chi connectivity index (χ4v) is 4.16. The predicted molar refractivity (Wildman–Crippen MR) is 104 cm³/mol. The van der Waals surface area contributed by atoms with Crippen LogP contribution in [0.25, 0.3) is 0 Å². The van der Waals surface area contributed by atoms with Crippen LogP contribution in [0, 0.1) is 11.8 Å². The third kappa shape index (κ3) is 4.08. The molecule has 2 saturated heterocycles. The SMILES string of the molecule is CC#CCCOc1cc(N)c(Cl)cc1C(=O)NC1CC2CC[C@@H](C1)N2C. The largest absolute Gasteiger partial charge is 0.492 e. The van der Waals surface area contributed by atoms with E-state index in [1.165, 1.54) is 12.8 Å². The minimum Gasteiger partial charge on any atom is -0.492 e. The Morgan fingerprint density at radius 3 is 2.73 bits per heavy atom. The van der Waals surface area contributed by atoms with Crippen LogP contribution in [0.3, 0.4) is 0 Å². The summed E-state index contributed by atoms with van der Waals surface area (Å²) in [5.41, 5.74) is 6.72. The Morgan fingerprint density at radius 1 is 1.38 bits per heavy atom. The molecule has 3 rings (SSSR count). The van der Waals surface area contributed by atoms with E-state index in [1.807, 2.05) is 0 Å². The molecule has 2 aliphatic rings. The summed E-state index contributed by atoms with van der Waals surface area (Å²) in [7, 11) is 2.19. The lowest BCUT2D eigenvalue weighted by Gasteiger charge is -2.36. The maximum atomic E-state index is 12.9. The molecular formula is C20H26ClN3O2. The van der Waals surface area contributed by atoms with Gasteiger partial charge in [-0.15, -0.1) is 11.8 Å². The van der Waals surface area contributed by atoms with Gasteiger partial charge in [0.1, 0.15) is 5.75 Å². The van der Waals surface area contributed by atoms with Crippen LogP contribution in [-0.2, 0) is 0 Å². The summed E-state index contributed by atoms with van der Waals surface area (Å²) in [6.07, 6.45) is 5.01. The van der Waals surface area contributed by atoms with Crippen LogP contribution >= 0.6 is 11.6 Å². The van der Waals surface area contributed by atoms with Crippen molar-refractivity contribution in [3.05, 3.63) is 22.7 Å². The van der Waals surface area contributed by atoms with Gasteiger partial charge >= 0.3 is 0 Å². The number of anilines is 1. The smallest absolute Gasteiger partial charge is 0.255 e. The van der Waals surface area contributed by atoms with Gasteiger partial charge in [-0.05, 0) is 45.7 Å². The van der Waals surface area contributed by atoms with Crippen molar-refractivity contribution in [3.8, 4) is 17.6 Å². The van der Waals surface area contributed by atoms with E-state index in [9.17, 15) is 4.79 Å². The number of nitrogens with zero attached hydrogens (tertiary/aromatic N) is 1. The first-order valence-electron chi connectivity index (χ1n) is 9.13. The van der Waals surface area contributed by atoms with Crippen LogP contribution in [0.1, 0.15) is 49.4 Å². The Balaban J connectivity index is 1.71. The van der Waals surface area contributed by atoms with Gasteiger partial charge in [-0.1, -0.05) is 11.6 Å². The van der Waals surface area contributed by atoms with Gasteiger partial charge in [0.2, 0.25) is 0 Å². The molecule has 6 heteroatoms. The summed E-state index contributed by atoms with van der Waals surface area (Å²) >= 11 is 6.14. The quantitative estimate of drug-likeness (QED) is 0.471. The van der Waals surface area contributed by atoms with Gasteiger partial charge in [-0.2, -0.15) is 0 Å². The van der Waals surface area contributed by atoms with Gasteiger partial charge in [0.25, 0.3) is 5.91 Å². The molecule has 2 fully saturated rings. The molecule has 0 aromatic heterocycles. The molecule has 2 heterocycles. The number of carbonyl (C=O) groups excluding carboxylic acids is 1. The van der Waals surface area contributed by atoms with Crippen LogP contribution in [0.15, 0.2) is 12.1 Å². The number of piperidine rings is 1. The number of ether oxygens (including phenoxy) is 1. The van der Waals surface area contributed by atoms with E-state index in [0.717, 1.165) is 12.8 Å². The Morgan fingerprint density at radius 2 is 2.08 bits per heavy atom. The average Bonchev–Trinajstić information content (AvgIpc) is 2.82. The molecule has 1 aromatic rings. The zero-order chi connectivity index (χ0) is 18.7. The lowest BCUT2D eigenvalue weighted by Crippen LogP contribution is -2.48. The molecule has 0 aliphatic carbocycles.